The van der Waals surface area contributed by atoms with Crippen molar-refractivity contribution in [3.8, 4) is 11.5 Å². The van der Waals surface area contributed by atoms with E-state index in [4.69, 9.17) is 27.6 Å². The van der Waals surface area contributed by atoms with Crippen LogP contribution < -0.4 is 5.32 Å². The highest BCUT2D eigenvalue weighted by Crippen LogP contribution is 2.27. The van der Waals surface area contributed by atoms with Crippen molar-refractivity contribution in [2.24, 2.45) is 0 Å². The standard InChI is InChI=1S/C17H10Cl2N4O4/c18-12-7-11(8-13(19)9-12)16-21-22-17(27-16)20-15(24)6-3-10-1-4-14(5-2-10)23(25)26/h1-9H,(H,20,22,24). The molecule has 0 saturated heterocycles. The van der Waals surface area contributed by atoms with Gasteiger partial charge in [0, 0.05) is 33.8 Å². The van der Waals surface area contributed by atoms with E-state index in [9.17, 15) is 14.9 Å². The van der Waals surface area contributed by atoms with E-state index in [1.54, 1.807) is 18.2 Å². The molecular formula is C17H10Cl2N4O4. The highest BCUT2D eigenvalue weighted by atomic mass is 35.5. The smallest absolute Gasteiger partial charge is 0.322 e. The number of carbonyl (C=O) groups is 1. The molecule has 3 aromatic rings. The van der Waals surface area contributed by atoms with Crippen molar-refractivity contribution in [1.82, 2.24) is 10.2 Å². The van der Waals surface area contributed by atoms with Gasteiger partial charge in [-0.25, -0.2) is 0 Å². The number of halogens is 2. The van der Waals surface area contributed by atoms with Gasteiger partial charge in [0.1, 0.15) is 0 Å². The van der Waals surface area contributed by atoms with Crippen molar-refractivity contribution in [2.45, 2.75) is 0 Å². The Hall–Kier alpha value is -3.23. The summed E-state index contributed by atoms with van der Waals surface area (Å²) in [6.07, 6.45) is 2.73. The number of nitrogens with one attached hydrogen (secondary N) is 1. The molecule has 1 amide bonds. The predicted molar refractivity (Wildman–Crippen MR) is 101 cm³/mol. The van der Waals surface area contributed by atoms with E-state index in [-0.39, 0.29) is 17.6 Å². The number of aromatic nitrogens is 2. The topological polar surface area (TPSA) is 111 Å². The van der Waals surface area contributed by atoms with E-state index in [1.165, 1.54) is 36.4 Å². The molecule has 10 heteroatoms. The van der Waals surface area contributed by atoms with Gasteiger partial charge in [-0.15, -0.1) is 5.10 Å². The quantitative estimate of drug-likeness (QED) is 0.377. The summed E-state index contributed by atoms with van der Waals surface area (Å²) in [5.74, 6) is -0.360. The number of hydrogen-bond acceptors (Lipinski definition) is 6. The molecule has 0 fully saturated rings. The van der Waals surface area contributed by atoms with Crippen LogP contribution in [-0.2, 0) is 4.79 Å². The van der Waals surface area contributed by atoms with Crippen LogP contribution in [0.5, 0.6) is 0 Å². The number of carbonyl (C=O) groups excluding carboxylic acids is 1. The number of nitro groups is 1. The van der Waals surface area contributed by atoms with Crippen molar-refractivity contribution in [1.29, 1.82) is 0 Å². The summed E-state index contributed by atoms with van der Waals surface area (Å²) < 4.78 is 5.36. The number of hydrogen-bond donors (Lipinski definition) is 1. The molecule has 0 bridgehead atoms. The van der Waals surface area contributed by atoms with Gasteiger partial charge in [0.15, 0.2) is 0 Å². The monoisotopic (exact) mass is 404 g/mol. The van der Waals surface area contributed by atoms with Gasteiger partial charge in [-0.3, -0.25) is 20.2 Å². The van der Waals surface area contributed by atoms with Crippen LogP contribution in [0.1, 0.15) is 5.56 Å². The zero-order chi connectivity index (χ0) is 19.4. The van der Waals surface area contributed by atoms with Crippen LogP contribution in [0.4, 0.5) is 11.7 Å². The summed E-state index contributed by atoms with van der Waals surface area (Å²) in [5, 5.41) is 21.4. The average molecular weight is 405 g/mol. The van der Waals surface area contributed by atoms with E-state index in [0.29, 0.717) is 21.2 Å². The van der Waals surface area contributed by atoms with Gasteiger partial charge >= 0.3 is 6.01 Å². The average Bonchev–Trinajstić information content (AvgIpc) is 3.08. The summed E-state index contributed by atoms with van der Waals surface area (Å²) in [5.41, 5.74) is 1.11. The molecule has 3 rings (SSSR count). The second-order valence-electron chi connectivity index (χ2n) is 5.24. The van der Waals surface area contributed by atoms with Gasteiger partial charge in [-0.1, -0.05) is 28.3 Å². The minimum atomic E-state index is -0.507. The summed E-state index contributed by atoms with van der Waals surface area (Å²) >= 11 is 11.9. The van der Waals surface area contributed by atoms with Crippen LogP contribution in [0.15, 0.2) is 53.0 Å². The van der Waals surface area contributed by atoms with E-state index in [2.05, 4.69) is 15.5 Å². The normalized spacial score (nSPS) is 10.9. The predicted octanol–water partition coefficient (Wildman–Crippen LogP) is 4.60. The van der Waals surface area contributed by atoms with Crippen LogP contribution in [0.2, 0.25) is 10.0 Å². The first-order valence-electron chi connectivity index (χ1n) is 7.44. The molecule has 2 aromatic carbocycles. The molecule has 0 saturated carbocycles. The third kappa shape index (κ3) is 4.90. The Morgan fingerprint density at radius 1 is 1.11 bits per heavy atom. The first-order valence-corrected chi connectivity index (χ1v) is 8.20. The Kier molecular flexibility index (Phi) is 5.49. The minimum absolute atomic E-state index is 0.0314. The number of non-ortho nitro benzene ring substituents is 1. The summed E-state index contributed by atoms with van der Waals surface area (Å²) in [4.78, 5) is 22.0. The Morgan fingerprint density at radius 3 is 2.41 bits per heavy atom. The molecule has 27 heavy (non-hydrogen) atoms. The Balaban J connectivity index is 1.66. The zero-order valence-corrected chi connectivity index (χ0v) is 14.9. The van der Waals surface area contributed by atoms with Crippen molar-refractivity contribution in [2.75, 3.05) is 5.32 Å². The van der Waals surface area contributed by atoms with Crippen molar-refractivity contribution in [3.05, 3.63) is 74.3 Å². The highest BCUT2D eigenvalue weighted by Gasteiger charge is 2.11. The van der Waals surface area contributed by atoms with E-state index in [0.717, 1.165) is 0 Å². The third-order valence-corrected chi connectivity index (χ3v) is 3.73. The Bertz CT molecular complexity index is 1010. The SMILES string of the molecule is O=C(C=Cc1ccc([N+](=O)[O-])cc1)Nc1nnc(-c2cc(Cl)cc(Cl)c2)o1. The van der Waals surface area contributed by atoms with Gasteiger partial charge < -0.3 is 4.42 Å². The zero-order valence-electron chi connectivity index (χ0n) is 13.4. The van der Waals surface area contributed by atoms with Gasteiger partial charge in [-0.2, -0.15) is 0 Å². The lowest BCUT2D eigenvalue weighted by molar-refractivity contribution is -0.384. The molecular weight excluding hydrogens is 395 g/mol. The third-order valence-electron chi connectivity index (χ3n) is 3.30. The number of amides is 1. The molecule has 1 aromatic heterocycles. The molecule has 0 aliphatic rings. The van der Waals surface area contributed by atoms with Gasteiger partial charge in [-0.05, 0) is 42.0 Å². The molecule has 0 atom stereocenters. The molecule has 0 aliphatic heterocycles. The fourth-order valence-electron chi connectivity index (χ4n) is 2.09. The molecule has 1 N–H and O–H groups in total. The highest BCUT2D eigenvalue weighted by molar-refractivity contribution is 6.35. The molecule has 0 unspecified atom stereocenters. The largest absolute Gasteiger partial charge is 0.403 e. The fourth-order valence-corrected chi connectivity index (χ4v) is 2.62. The van der Waals surface area contributed by atoms with Crippen LogP contribution in [0.3, 0.4) is 0 Å². The maximum absolute atomic E-state index is 11.9. The second-order valence-corrected chi connectivity index (χ2v) is 6.11. The molecule has 0 aliphatic carbocycles. The van der Waals surface area contributed by atoms with Gasteiger partial charge in [0.2, 0.25) is 5.89 Å². The summed E-state index contributed by atoms with van der Waals surface area (Å²) in [6, 6.07) is 10.4. The van der Waals surface area contributed by atoms with Crippen molar-refractivity contribution >= 4 is 46.9 Å². The van der Waals surface area contributed by atoms with E-state index >= 15 is 0 Å². The first kappa shape index (κ1) is 18.6. The Morgan fingerprint density at radius 2 is 1.78 bits per heavy atom. The van der Waals surface area contributed by atoms with Crippen LogP contribution in [-0.4, -0.2) is 21.0 Å². The lowest BCUT2D eigenvalue weighted by Gasteiger charge is -1.98. The fraction of sp³-hybridized carbons (Fsp3) is 0. The minimum Gasteiger partial charge on any atom is -0.403 e. The number of nitro benzene ring substituents is 1. The lowest BCUT2D eigenvalue weighted by atomic mass is 10.2. The Labute approximate surface area is 162 Å². The number of anilines is 1. The first-order chi connectivity index (χ1) is 12.9. The molecule has 1 heterocycles. The number of nitrogens with zero attached hydrogens (tertiary/aromatic N) is 3. The van der Waals surface area contributed by atoms with Gasteiger partial charge in [0.05, 0.1) is 4.92 Å². The molecule has 0 radical (unpaired) electrons. The van der Waals surface area contributed by atoms with Crippen LogP contribution >= 0.6 is 23.2 Å². The number of benzene rings is 2. The maximum Gasteiger partial charge on any atom is 0.322 e. The van der Waals surface area contributed by atoms with E-state index in [1.807, 2.05) is 0 Å². The molecule has 8 nitrogen and oxygen atoms in total. The molecule has 136 valence electrons. The van der Waals surface area contributed by atoms with Crippen molar-refractivity contribution < 1.29 is 14.1 Å². The van der Waals surface area contributed by atoms with Crippen LogP contribution in [0.25, 0.3) is 17.5 Å². The lowest BCUT2D eigenvalue weighted by Crippen LogP contribution is -2.07. The van der Waals surface area contributed by atoms with Crippen molar-refractivity contribution in [3.63, 3.8) is 0 Å². The second kappa shape index (κ2) is 7.98. The van der Waals surface area contributed by atoms with Gasteiger partial charge in [0.25, 0.3) is 11.6 Å². The number of rotatable bonds is 5. The van der Waals surface area contributed by atoms with Crippen LogP contribution in [0, 0.1) is 10.1 Å². The summed E-state index contributed by atoms with van der Waals surface area (Å²) in [6.45, 7) is 0. The maximum atomic E-state index is 11.9. The van der Waals surface area contributed by atoms with E-state index < -0.39 is 10.8 Å². The summed E-state index contributed by atoms with van der Waals surface area (Å²) in [7, 11) is 0. The molecule has 0 spiro atoms.